The van der Waals surface area contributed by atoms with Crippen LogP contribution in [0.4, 0.5) is 0 Å². The topological polar surface area (TPSA) is 29.5 Å². The largest absolute Gasteiger partial charge is 0.457 e. The summed E-state index contributed by atoms with van der Waals surface area (Å²) in [6.45, 7) is 1.97. The molecule has 0 radical (unpaired) electrons. The lowest BCUT2D eigenvalue weighted by Crippen LogP contribution is -1.92. The van der Waals surface area contributed by atoms with E-state index < -0.39 is 0 Å². The number of aliphatic hydroxyl groups excluding tert-OH is 1. The average molecular weight is 293 g/mol. The third-order valence-corrected chi connectivity index (χ3v) is 2.90. The third-order valence-electron chi connectivity index (χ3n) is 2.41. The lowest BCUT2D eigenvalue weighted by atomic mass is 10.1. The molecule has 0 bridgehead atoms. The molecule has 0 saturated carbocycles. The highest BCUT2D eigenvalue weighted by molar-refractivity contribution is 9.10. The smallest absolute Gasteiger partial charge is 0.132 e. The minimum Gasteiger partial charge on any atom is -0.457 e. The standard InChI is InChI=1S/C14H13BrO2/c1-10-5-6-14(11(7-10)9-16)17-13-4-2-3-12(15)8-13/h2-8,16H,9H2,1H3. The highest BCUT2D eigenvalue weighted by Gasteiger charge is 2.04. The van der Waals surface area contributed by atoms with Crippen molar-refractivity contribution in [1.29, 1.82) is 0 Å². The summed E-state index contributed by atoms with van der Waals surface area (Å²) in [4.78, 5) is 0. The molecule has 88 valence electrons. The predicted octanol–water partition coefficient (Wildman–Crippen LogP) is 4.04. The first-order valence-electron chi connectivity index (χ1n) is 5.33. The van der Waals surface area contributed by atoms with E-state index in [2.05, 4.69) is 15.9 Å². The van der Waals surface area contributed by atoms with Crippen LogP contribution in [0.2, 0.25) is 0 Å². The van der Waals surface area contributed by atoms with Crippen molar-refractivity contribution in [2.24, 2.45) is 0 Å². The van der Waals surface area contributed by atoms with Crippen LogP contribution in [0.1, 0.15) is 11.1 Å². The van der Waals surface area contributed by atoms with Crippen molar-refractivity contribution in [2.45, 2.75) is 13.5 Å². The predicted molar refractivity (Wildman–Crippen MR) is 71.3 cm³/mol. The lowest BCUT2D eigenvalue weighted by molar-refractivity contribution is 0.276. The van der Waals surface area contributed by atoms with E-state index in [1.807, 2.05) is 49.4 Å². The monoisotopic (exact) mass is 292 g/mol. The second kappa shape index (κ2) is 5.34. The Hall–Kier alpha value is -1.32. The number of benzene rings is 2. The van der Waals surface area contributed by atoms with Gasteiger partial charge in [0.15, 0.2) is 0 Å². The molecular weight excluding hydrogens is 280 g/mol. The molecule has 2 aromatic carbocycles. The maximum Gasteiger partial charge on any atom is 0.132 e. The van der Waals surface area contributed by atoms with E-state index >= 15 is 0 Å². The van der Waals surface area contributed by atoms with Crippen molar-refractivity contribution in [3.8, 4) is 11.5 Å². The van der Waals surface area contributed by atoms with Gasteiger partial charge in [-0.3, -0.25) is 0 Å². The Morgan fingerprint density at radius 3 is 2.71 bits per heavy atom. The SMILES string of the molecule is Cc1ccc(Oc2cccc(Br)c2)c(CO)c1. The summed E-state index contributed by atoms with van der Waals surface area (Å²) in [5.74, 6) is 1.44. The Morgan fingerprint density at radius 1 is 1.18 bits per heavy atom. The first kappa shape index (κ1) is 12.1. The second-order valence-corrected chi connectivity index (χ2v) is 4.74. The Bertz CT molecular complexity index is 523. The number of ether oxygens (including phenoxy) is 1. The number of aryl methyl sites for hydroxylation is 1. The minimum absolute atomic E-state index is 0.0228. The molecule has 3 heteroatoms. The fourth-order valence-electron chi connectivity index (χ4n) is 1.59. The molecule has 2 aromatic rings. The van der Waals surface area contributed by atoms with Crippen LogP contribution in [-0.4, -0.2) is 5.11 Å². The number of rotatable bonds is 3. The van der Waals surface area contributed by atoms with Crippen LogP contribution in [-0.2, 0) is 6.61 Å². The summed E-state index contributed by atoms with van der Waals surface area (Å²) in [6, 6.07) is 13.4. The van der Waals surface area contributed by atoms with Gasteiger partial charge in [-0.1, -0.05) is 39.7 Å². The van der Waals surface area contributed by atoms with Crippen LogP contribution in [0.3, 0.4) is 0 Å². The van der Waals surface area contributed by atoms with Crippen LogP contribution in [0.15, 0.2) is 46.9 Å². The van der Waals surface area contributed by atoms with Crippen molar-refractivity contribution in [2.75, 3.05) is 0 Å². The van der Waals surface area contributed by atoms with E-state index in [9.17, 15) is 5.11 Å². The van der Waals surface area contributed by atoms with E-state index in [1.54, 1.807) is 0 Å². The van der Waals surface area contributed by atoms with E-state index in [4.69, 9.17) is 4.74 Å². The fourth-order valence-corrected chi connectivity index (χ4v) is 1.97. The van der Waals surface area contributed by atoms with Crippen LogP contribution >= 0.6 is 15.9 Å². The second-order valence-electron chi connectivity index (χ2n) is 3.83. The molecule has 17 heavy (non-hydrogen) atoms. The van der Waals surface area contributed by atoms with Gasteiger partial charge in [-0.2, -0.15) is 0 Å². The molecule has 1 N–H and O–H groups in total. The maximum atomic E-state index is 9.29. The average Bonchev–Trinajstić information content (AvgIpc) is 2.31. The Kier molecular flexibility index (Phi) is 3.82. The summed E-state index contributed by atoms with van der Waals surface area (Å²) in [7, 11) is 0. The molecule has 0 aliphatic rings. The summed E-state index contributed by atoms with van der Waals surface area (Å²) >= 11 is 3.39. The molecule has 0 amide bonds. The van der Waals surface area contributed by atoms with Gasteiger partial charge in [0.05, 0.1) is 6.61 Å². The molecule has 0 aromatic heterocycles. The van der Waals surface area contributed by atoms with Gasteiger partial charge >= 0.3 is 0 Å². The van der Waals surface area contributed by atoms with Crippen molar-refractivity contribution in [3.05, 3.63) is 58.1 Å². The lowest BCUT2D eigenvalue weighted by Gasteiger charge is -2.10. The number of hydrogen-bond acceptors (Lipinski definition) is 2. The van der Waals surface area contributed by atoms with Gasteiger partial charge in [-0.15, -0.1) is 0 Å². The fraction of sp³-hybridized carbons (Fsp3) is 0.143. The molecule has 0 fully saturated rings. The third kappa shape index (κ3) is 3.08. The molecular formula is C14H13BrO2. The zero-order valence-electron chi connectivity index (χ0n) is 9.48. The Morgan fingerprint density at radius 2 is 2.00 bits per heavy atom. The summed E-state index contributed by atoms with van der Waals surface area (Å²) in [5.41, 5.74) is 1.90. The van der Waals surface area contributed by atoms with Gasteiger partial charge in [0.1, 0.15) is 11.5 Å². The Balaban J connectivity index is 2.29. The van der Waals surface area contributed by atoms with Crippen LogP contribution in [0.5, 0.6) is 11.5 Å². The van der Waals surface area contributed by atoms with Gasteiger partial charge in [0.25, 0.3) is 0 Å². The normalized spacial score (nSPS) is 10.3. The van der Waals surface area contributed by atoms with Crippen molar-refractivity contribution in [1.82, 2.24) is 0 Å². The van der Waals surface area contributed by atoms with E-state index in [0.29, 0.717) is 5.75 Å². The quantitative estimate of drug-likeness (QED) is 0.925. The van der Waals surface area contributed by atoms with Crippen LogP contribution < -0.4 is 4.74 Å². The van der Waals surface area contributed by atoms with E-state index in [-0.39, 0.29) is 6.61 Å². The molecule has 0 aliphatic carbocycles. The molecule has 2 nitrogen and oxygen atoms in total. The molecule has 0 aliphatic heterocycles. The van der Waals surface area contributed by atoms with Gasteiger partial charge in [0.2, 0.25) is 0 Å². The van der Waals surface area contributed by atoms with E-state index in [1.165, 1.54) is 0 Å². The van der Waals surface area contributed by atoms with E-state index in [0.717, 1.165) is 21.3 Å². The number of aliphatic hydroxyl groups is 1. The number of halogens is 1. The highest BCUT2D eigenvalue weighted by atomic mass is 79.9. The first-order valence-corrected chi connectivity index (χ1v) is 6.12. The molecule has 0 unspecified atom stereocenters. The molecule has 0 heterocycles. The van der Waals surface area contributed by atoms with Gasteiger partial charge in [-0.25, -0.2) is 0 Å². The molecule has 0 atom stereocenters. The maximum absolute atomic E-state index is 9.29. The summed E-state index contributed by atoms with van der Waals surface area (Å²) in [6.07, 6.45) is 0. The Labute approximate surface area is 109 Å². The zero-order valence-corrected chi connectivity index (χ0v) is 11.1. The summed E-state index contributed by atoms with van der Waals surface area (Å²) < 4.78 is 6.71. The molecule has 0 saturated heterocycles. The highest BCUT2D eigenvalue weighted by Crippen LogP contribution is 2.28. The van der Waals surface area contributed by atoms with Crippen molar-refractivity contribution < 1.29 is 9.84 Å². The summed E-state index contributed by atoms with van der Waals surface area (Å²) in [5, 5.41) is 9.29. The first-order chi connectivity index (χ1) is 8.19. The van der Waals surface area contributed by atoms with Crippen LogP contribution in [0.25, 0.3) is 0 Å². The zero-order chi connectivity index (χ0) is 12.3. The van der Waals surface area contributed by atoms with Crippen molar-refractivity contribution >= 4 is 15.9 Å². The van der Waals surface area contributed by atoms with Crippen molar-refractivity contribution in [3.63, 3.8) is 0 Å². The molecule has 2 rings (SSSR count). The van der Waals surface area contributed by atoms with Gasteiger partial charge in [0, 0.05) is 10.0 Å². The van der Waals surface area contributed by atoms with Crippen LogP contribution in [0, 0.1) is 6.92 Å². The van der Waals surface area contributed by atoms with Gasteiger partial charge < -0.3 is 9.84 Å². The van der Waals surface area contributed by atoms with Gasteiger partial charge in [-0.05, 0) is 31.2 Å². The minimum atomic E-state index is -0.0228. The molecule has 0 spiro atoms. The number of hydrogen-bond donors (Lipinski definition) is 1.